The molecule has 120 valence electrons. The highest BCUT2D eigenvalue weighted by molar-refractivity contribution is 5.94. The number of hydrogen-bond donors (Lipinski definition) is 1. The molecule has 1 N–H and O–H groups in total. The van der Waals surface area contributed by atoms with Gasteiger partial charge in [-0.15, -0.1) is 13.2 Å². The zero-order valence-electron chi connectivity index (χ0n) is 11.5. The van der Waals surface area contributed by atoms with E-state index in [1.165, 1.54) is 12.1 Å². The van der Waals surface area contributed by atoms with E-state index in [0.29, 0.717) is 0 Å². The summed E-state index contributed by atoms with van der Waals surface area (Å²) in [5, 5.41) is 11.1. The van der Waals surface area contributed by atoms with Crippen LogP contribution in [-0.2, 0) is 9.78 Å². The summed E-state index contributed by atoms with van der Waals surface area (Å²) in [4.78, 5) is 21.1. The summed E-state index contributed by atoms with van der Waals surface area (Å²) < 4.78 is 40.1. The van der Waals surface area contributed by atoms with E-state index in [-0.39, 0.29) is 18.8 Å². The van der Waals surface area contributed by atoms with Gasteiger partial charge in [-0.1, -0.05) is 6.07 Å². The van der Waals surface area contributed by atoms with Gasteiger partial charge in [0.1, 0.15) is 18.4 Å². The molecule has 1 aromatic rings. The molecule has 1 rings (SSSR count). The lowest BCUT2D eigenvalue weighted by atomic mass is 10.2. The Hall–Kier alpha value is -2.31. The molecule has 1 atom stereocenters. The first-order chi connectivity index (χ1) is 10.4. The van der Waals surface area contributed by atoms with Crippen LogP contribution in [-0.4, -0.2) is 31.5 Å². The van der Waals surface area contributed by atoms with Gasteiger partial charge in [0.15, 0.2) is 0 Å². The third kappa shape index (κ3) is 6.43. The summed E-state index contributed by atoms with van der Waals surface area (Å²) in [6.07, 6.45) is -4.85. The third-order valence-electron chi connectivity index (χ3n) is 2.23. The molecule has 0 aliphatic heterocycles. The minimum absolute atomic E-state index is 0.0848. The molecule has 0 spiro atoms. The van der Waals surface area contributed by atoms with Crippen LogP contribution in [0.15, 0.2) is 24.3 Å². The minimum Gasteiger partial charge on any atom is -0.406 e. The van der Waals surface area contributed by atoms with Crippen LogP contribution in [0.5, 0.6) is 5.75 Å². The van der Waals surface area contributed by atoms with Gasteiger partial charge in [-0.25, -0.2) is 9.78 Å². The maximum Gasteiger partial charge on any atom is 0.573 e. The van der Waals surface area contributed by atoms with Gasteiger partial charge in [0, 0.05) is 5.56 Å². The lowest BCUT2D eigenvalue weighted by Gasteiger charge is -2.12. The molecule has 0 aliphatic rings. The molecule has 1 amide bonds. The largest absolute Gasteiger partial charge is 0.573 e. The molecule has 0 bridgehead atoms. The maximum absolute atomic E-state index is 12.1. The van der Waals surface area contributed by atoms with Crippen LogP contribution in [0.4, 0.5) is 13.2 Å². The molecular formula is C13H13F3N2O4. The van der Waals surface area contributed by atoms with E-state index in [1.807, 2.05) is 0 Å². The van der Waals surface area contributed by atoms with Crippen molar-refractivity contribution >= 4 is 5.91 Å². The highest BCUT2D eigenvalue weighted by atomic mass is 19.4. The number of benzene rings is 1. The Labute approximate surface area is 124 Å². The molecule has 0 heterocycles. The second kappa shape index (κ2) is 8.21. The predicted molar refractivity (Wildman–Crippen MR) is 67.6 cm³/mol. The Bertz CT molecular complexity index is 543. The van der Waals surface area contributed by atoms with Crippen LogP contribution in [0.2, 0.25) is 0 Å². The number of carbonyl (C=O) groups is 1. The van der Waals surface area contributed by atoms with Gasteiger partial charge in [0.05, 0.1) is 12.7 Å². The van der Waals surface area contributed by atoms with Crippen molar-refractivity contribution in [3.63, 3.8) is 0 Å². The Morgan fingerprint density at radius 2 is 2.14 bits per heavy atom. The van der Waals surface area contributed by atoms with E-state index in [1.54, 1.807) is 13.0 Å². The third-order valence-corrected chi connectivity index (χ3v) is 2.23. The van der Waals surface area contributed by atoms with E-state index < -0.39 is 24.1 Å². The topological polar surface area (TPSA) is 80.6 Å². The van der Waals surface area contributed by atoms with Crippen molar-refractivity contribution in [1.29, 1.82) is 5.26 Å². The van der Waals surface area contributed by atoms with Crippen molar-refractivity contribution in [3.05, 3.63) is 29.8 Å². The van der Waals surface area contributed by atoms with Crippen LogP contribution in [0.25, 0.3) is 0 Å². The van der Waals surface area contributed by atoms with Gasteiger partial charge in [-0.2, -0.15) is 5.26 Å². The van der Waals surface area contributed by atoms with Crippen LogP contribution < -0.4 is 10.1 Å². The van der Waals surface area contributed by atoms with Gasteiger partial charge in [0.25, 0.3) is 5.91 Å². The molecule has 0 saturated heterocycles. The molecule has 0 saturated carbocycles. The first-order valence-electron chi connectivity index (χ1n) is 6.16. The number of nitrogens with one attached hydrogen (secondary N) is 1. The second-order valence-corrected chi connectivity index (χ2v) is 3.92. The highest BCUT2D eigenvalue weighted by Crippen LogP contribution is 2.23. The average molecular weight is 318 g/mol. The van der Waals surface area contributed by atoms with Gasteiger partial charge in [0.2, 0.25) is 0 Å². The van der Waals surface area contributed by atoms with Crippen molar-refractivity contribution in [1.82, 2.24) is 5.32 Å². The van der Waals surface area contributed by atoms with Gasteiger partial charge >= 0.3 is 6.36 Å². The minimum atomic E-state index is -4.85. The van der Waals surface area contributed by atoms with E-state index in [4.69, 9.17) is 5.26 Å². The van der Waals surface area contributed by atoms with E-state index >= 15 is 0 Å². The molecule has 22 heavy (non-hydrogen) atoms. The second-order valence-electron chi connectivity index (χ2n) is 3.92. The number of ether oxygens (including phenoxy) is 1. The van der Waals surface area contributed by atoms with Crippen LogP contribution >= 0.6 is 0 Å². The van der Waals surface area contributed by atoms with Crippen molar-refractivity contribution in [3.8, 4) is 11.8 Å². The quantitative estimate of drug-likeness (QED) is 0.473. The molecule has 1 unspecified atom stereocenters. The lowest BCUT2D eigenvalue weighted by molar-refractivity contribution is -0.292. The standard InChI is InChI=1S/C13H13F3N2O4/c1-2-20-21-8-10(7-17)18-12(19)9-4-3-5-11(6-9)22-13(14,15)16/h3-6,10H,2,8H2,1H3,(H,18,19). The average Bonchev–Trinajstić information content (AvgIpc) is 2.44. The van der Waals surface area contributed by atoms with Crippen molar-refractivity contribution in [2.24, 2.45) is 0 Å². The fourth-order valence-electron chi connectivity index (χ4n) is 1.39. The molecule has 9 heteroatoms. The number of amides is 1. The first-order valence-corrected chi connectivity index (χ1v) is 6.16. The molecule has 6 nitrogen and oxygen atoms in total. The van der Waals surface area contributed by atoms with Gasteiger partial charge in [-0.05, 0) is 25.1 Å². The fourth-order valence-corrected chi connectivity index (χ4v) is 1.39. The maximum atomic E-state index is 12.1. The number of carbonyl (C=O) groups excluding carboxylic acids is 1. The van der Waals surface area contributed by atoms with Crippen LogP contribution in [0.1, 0.15) is 17.3 Å². The number of halogens is 3. The highest BCUT2D eigenvalue weighted by Gasteiger charge is 2.31. The van der Waals surface area contributed by atoms with Crippen molar-refractivity contribution in [2.45, 2.75) is 19.3 Å². The van der Waals surface area contributed by atoms with E-state index in [2.05, 4.69) is 19.8 Å². The number of hydrogen-bond acceptors (Lipinski definition) is 5. The summed E-state index contributed by atoms with van der Waals surface area (Å²) in [6, 6.07) is 5.25. The van der Waals surface area contributed by atoms with Gasteiger partial charge in [-0.3, -0.25) is 4.79 Å². The zero-order chi connectivity index (χ0) is 16.6. The number of rotatable bonds is 7. The Morgan fingerprint density at radius 3 is 2.73 bits per heavy atom. The smallest absolute Gasteiger partial charge is 0.406 e. The Morgan fingerprint density at radius 1 is 1.41 bits per heavy atom. The molecule has 0 aliphatic carbocycles. The summed E-state index contributed by atoms with van der Waals surface area (Å²) >= 11 is 0. The number of nitriles is 1. The summed E-state index contributed by atoms with van der Waals surface area (Å²) in [7, 11) is 0. The molecule has 0 radical (unpaired) electrons. The summed E-state index contributed by atoms with van der Waals surface area (Å²) in [5.41, 5.74) is -0.0848. The first kappa shape index (κ1) is 17.7. The molecular weight excluding hydrogens is 305 g/mol. The predicted octanol–water partition coefficient (Wildman–Crippen LogP) is 2.18. The molecule has 0 fully saturated rings. The summed E-state index contributed by atoms with van der Waals surface area (Å²) in [5.74, 6) is -1.27. The molecule has 0 aromatic heterocycles. The normalized spacial score (nSPS) is 12.3. The Balaban J connectivity index is 2.68. The number of alkyl halides is 3. The molecule has 1 aromatic carbocycles. The van der Waals surface area contributed by atoms with Gasteiger partial charge < -0.3 is 10.1 Å². The SMILES string of the molecule is CCOOCC(C#N)NC(=O)c1cccc(OC(F)(F)F)c1. The van der Waals surface area contributed by atoms with Crippen molar-refractivity contribution < 1.29 is 32.5 Å². The summed E-state index contributed by atoms with van der Waals surface area (Å²) in [6.45, 7) is 1.73. The fraction of sp³-hybridized carbons (Fsp3) is 0.385. The van der Waals surface area contributed by atoms with E-state index in [9.17, 15) is 18.0 Å². The van der Waals surface area contributed by atoms with Crippen LogP contribution in [0, 0.1) is 11.3 Å². The van der Waals surface area contributed by atoms with Crippen molar-refractivity contribution in [2.75, 3.05) is 13.2 Å². The zero-order valence-corrected chi connectivity index (χ0v) is 11.5. The Kier molecular flexibility index (Phi) is 6.62. The van der Waals surface area contributed by atoms with E-state index in [0.717, 1.165) is 12.1 Å². The lowest BCUT2D eigenvalue weighted by Crippen LogP contribution is -2.37. The monoisotopic (exact) mass is 318 g/mol. The van der Waals surface area contributed by atoms with Crippen LogP contribution in [0.3, 0.4) is 0 Å². The number of nitrogens with zero attached hydrogens (tertiary/aromatic N) is 1.